The smallest absolute Gasteiger partial charge is 0.225 e. The summed E-state index contributed by atoms with van der Waals surface area (Å²) in [5, 5.41) is 2.89. The zero-order valence-corrected chi connectivity index (χ0v) is 17.0. The van der Waals surface area contributed by atoms with Crippen molar-refractivity contribution in [3.05, 3.63) is 29.8 Å². The van der Waals surface area contributed by atoms with Gasteiger partial charge in [0.25, 0.3) is 0 Å². The summed E-state index contributed by atoms with van der Waals surface area (Å²) in [7, 11) is -3.05. The third-order valence-corrected chi connectivity index (χ3v) is 7.09. The summed E-state index contributed by atoms with van der Waals surface area (Å²) in [5.41, 5.74) is 1.19. The number of nitrogens with zero attached hydrogens (tertiary/aromatic N) is 1. The lowest BCUT2D eigenvalue weighted by Gasteiger charge is -2.22. The molecule has 1 aromatic rings. The van der Waals surface area contributed by atoms with Gasteiger partial charge >= 0.3 is 0 Å². The Bertz CT molecular complexity index is 806. The molecule has 0 spiro atoms. The SMILES string of the molecule is Cc1ccc(OCCCCNC(=O)[C@H]2CC(=O)N([C@H]3CCS(=O)(=O)C3)C2)cc1. The summed E-state index contributed by atoms with van der Waals surface area (Å²) in [6.45, 7) is 3.48. The maximum absolute atomic E-state index is 12.3. The van der Waals surface area contributed by atoms with Gasteiger partial charge in [-0.15, -0.1) is 0 Å². The zero-order chi connectivity index (χ0) is 20.1. The minimum absolute atomic E-state index is 0.0219. The van der Waals surface area contributed by atoms with E-state index >= 15 is 0 Å². The van der Waals surface area contributed by atoms with Gasteiger partial charge < -0.3 is 15.0 Å². The van der Waals surface area contributed by atoms with Crippen molar-refractivity contribution in [3.8, 4) is 5.75 Å². The fraction of sp³-hybridized carbons (Fsp3) is 0.600. The molecule has 1 N–H and O–H groups in total. The molecule has 1 aromatic carbocycles. The molecule has 2 aliphatic heterocycles. The molecule has 0 bridgehead atoms. The number of hydrogen-bond donors (Lipinski definition) is 1. The van der Waals surface area contributed by atoms with E-state index in [0.29, 0.717) is 26.1 Å². The maximum atomic E-state index is 12.3. The maximum Gasteiger partial charge on any atom is 0.225 e. The summed E-state index contributed by atoms with van der Waals surface area (Å²) in [5.74, 6) is 0.356. The number of hydrogen-bond acceptors (Lipinski definition) is 5. The van der Waals surface area contributed by atoms with Crippen molar-refractivity contribution in [2.24, 2.45) is 5.92 Å². The summed E-state index contributed by atoms with van der Waals surface area (Å²) < 4.78 is 28.9. The molecule has 28 heavy (non-hydrogen) atoms. The Labute approximate surface area is 166 Å². The first-order chi connectivity index (χ1) is 13.3. The first-order valence-electron chi connectivity index (χ1n) is 9.81. The number of benzene rings is 1. The van der Waals surface area contributed by atoms with Crippen LogP contribution in [0, 0.1) is 12.8 Å². The van der Waals surface area contributed by atoms with Crippen LogP contribution >= 0.6 is 0 Å². The number of aryl methyl sites for hydroxylation is 1. The number of rotatable bonds is 8. The molecule has 0 radical (unpaired) electrons. The third kappa shape index (κ3) is 5.47. The van der Waals surface area contributed by atoms with E-state index in [0.717, 1.165) is 18.6 Å². The van der Waals surface area contributed by atoms with E-state index in [9.17, 15) is 18.0 Å². The first-order valence-corrected chi connectivity index (χ1v) is 11.6. The van der Waals surface area contributed by atoms with E-state index < -0.39 is 9.84 Å². The number of nitrogens with one attached hydrogen (secondary N) is 1. The molecule has 8 heteroatoms. The molecule has 2 heterocycles. The summed E-state index contributed by atoms with van der Waals surface area (Å²) >= 11 is 0. The number of ether oxygens (including phenoxy) is 1. The lowest BCUT2D eigenvalue weighted by atomic mass is 10.1. The van der Waals surface area contributed by atoms with Crippen molar-refractivity contribution in [1.29, 1.82) is 0 Å². The van der Waals surface area contributed by atoms with Crippen LogP contribution in [0.15, 0.2) is 24.3 Å². The zero-order valence-electron chi connectivity index (χ0n) is 16.2. The van der Waals surface area contributed by atoms with Gasteiger partial charge in [-0.3, -0.25) is 9.59 Å². The molecule has 2 atom stereocenters. The second kappa shape index (κ2) is 8.94. The van der Waals surface area contributed by atoms with Gasteiger partial charge in [-0.05, 0) is 38.3 Å². The lowest BCUT2D eigenvalue weighted by molar-refractivity contribution is -0.130. The fourth-order valence-corrected chi connectivity index (χ4v) is 5.42. The molecule has 7 nitrogen and oxygen atoms in total. The van der Waals surface area contributed by atoms with E-state index in [1.54, 1.807) is 4.90 Å². The van der Waals surface area contributed by atoms with E-state index in [1.165, 1.54) is 5.56 Å². The van der Waals surface area contributed by atoms with Gasteiger partial charge in [-0.25, -0.2) is 8.42 Å². The molecule has 0 aromatic heterocycles. The normalized spacial score (nSPS) is 23.8. The Balaban J connectivity index is 1.33. The first kappa shape index (κ1) is 20.6. The largest absolute Gasteiger partial charge is 0.494 e. The summed E-state index contributed by atoms with van der Waals surface area (Å²) in [6, 6.07) is 7.62. The van der Waals surface area contributed by atoms with Gasteiger partial charge in [-0.1, -0.05) is 17.7 Å². The van der Waals surface area contributed by atoms with Crippen LogP contribution in [0.4, 0.5) is 0 Å². The van der Waals surface area contributed by atoms with E-state index in [1.807, 2.05) is 31.2 Å². The number of carbonyl (C=O) groups excluding carboxylic acids is 2. The Morgan fingerprint density at radius 3 is 2.68 bits per heavy atom. The molecule has 0 unspecified atom stereocenters. The van der Waals surface area contributed by atoms with Gasteiger partial charge in [0.1, 0.15) is 5.75 Å². The van der Waals surface area contributed by atoms with Crippen LogP contribution in [0.25, 0.3) is 0 Å². The summed E-state index contributed by atoms with van der Waals surface area (Å²) in [6.07, 6.45) is 2.26. The van der Waals surface area contributed by atoms with Crippen molar-refractivity contribution >= 4 is 21.7 Å². The minimum atomic E-state index is -3.05. The van der Waals surface area contributed by atoms with Gasteiger partial charge in [-0.2, -0.15) is 0 Å². The van der Waals surface area contributed by atoms with E-state index in [-0.39, 0.29) is 41.7 Å². The van der Waals surface area contributed by atoms with Crippen LogP contribution in [-0.2, 0) is 19.4 Å². The predicted octanol–water partition coefficient (Wildman–Crippen LogP) is 1.31. The van der Waals surface area contributed by atoms with Crippen molar-refractivity contribution in [2.45, 2.75) is 38.6 Å². The predicted molar refractivity (Wildman–Crippen MR) is 106 cm³/mol. The fourth-order valence-electron chi connectivity index (χ4n) is 3.69. The van der Waals surface area contributed by atoms with Gasteiger partial charge in [0.2, 0.25) is 11.8 Å². The molecule has 154 valence electrons. The highest BCUT2D eigenvalue weighted by Crippen LogP contribution is 2.26. The van der Waals surface area contributed by atoms with Gasteiger partial charge in [0, 0.05) is 25.6 Å². The minimum Gasteiger partial charge on any atom is -0.494 e. The quantitative estimate of drug-likeness (QED) is 0.655. The average molecular weight is 409 g/mol. The van der Waals surface area contributed by atoms with Crippen LogP contribution < -0.4 is 10.1 Å². The Hall–Kier alpha value is -2.09. The molecule has 3 rings (SSSR count). The van der Waals surface area contributed by atoms with Gasteiger partial charge in [0.05, 0.1) is 24.0 Å². The van der Waals surface area contributed by atoms with Crippen molar-refractivity contribution in [1.82, 2.24) is 10.2 Å². The Kier molecular flexibility index (Phi) is 6.59. The standard InChI is InChI=1S/C20H28N2O5S/c1-15-4-6-18(7-5-15)27-10-3-2-9-21-20(24)16-12-19(23)22(13-16)17-8-11-28(25,26)14-17/h4-7,16-17H,2-3,8-14H2,1H3,(H,21,24)/t16-,17-/m0/s1. The van der Waals surface area contributed by atoms with Crippen LogP contribution in [0.1, 0.15) is 31.2 Å². The van der Waals surface area contributed by atoms with Crippen LogP contribution in [0.2, 0.25) is 0 Å². The monoisotopic (exact) mass is 408 g/mol. The van der Waals surface area contributed by atoms with Crippen molar-refractivity contribution in [2.75, 3.05) is 31.2 Å². The molecule has 0 aliphatic carbocycles. The number of sulfone groups is 1. The Morgan fingerprint density at radius 1 is 1.25 bits per heavy atom. The van der Waals surface area contributed by atoms with Crippen molar-refractivity contribution < 1.29 is 22.7 Å². The number of unbranched alkanes of at least 4 members (excludes halogenated alkanes) is 1. The molecule has 2 fully saturated rings. The summed E-state index contributed by atoms with van der Waals surface area (Å²) in [4.78, 5) is 26.1. The van der Waals surface area contributed by atoms with Crippen molar-refractivity contribution in [3.63, 3.8) is 0 Å². The van der Waals surface area contributed by atoms with Crippen LogP contribution in [0.5, 0.6) is 5.75 Å². The number of carbonyl (C=O) groups is 2. The molecule has 2 saturated heterocycles. The topological polar surface area (TPSA) is 92.8 Å². The lowest BCUT2D eigenvalue weighted by Crippen LogP contribution is -2.39. The second-order valence-electron chi connectivity index (χ2n) is 7.66. The number of amides is 2. The number of likely N-dealkylation sites (tertiary alicyclic amines) is 1. The molecule has 2 amide bonds. The van der Waals surface area contributed by atoms with Crippen LogP contribution in [0.3, 0.4) is 0 Å². The average Bonchev–Trinajstić information content (AvgIpc) is 3.21. The highest BCUT2D eigenvalue weighted by Gasteiger charge is 2.41. The highest BCUT2D eigenvalue weighted by atomic mass is 32.2. The molecule has 0 saturated carbocycles. The second-order valence-corrected chi connectivity index (χ2v) is 9.89. The van der Waals surface area contributed by atoms with E-state index in [4.69, 9.17) is 4.74 Å². The van der Waals surface area contributed by atoms with E-state index in [2.05, 4.69) is 5.32 Å². The van der Waals surface area contributed by atoms with Gasteiger partial charge in [0.15, 0.2) is 9.84 Å². The molecular formula is C20H28N2O5S. The molecule has 2 aliphatic rings. The van der Waals surface area contributed by atoms with Crippen LogP contribution in [-0.4, -0.2) is 62.4 Å². The Morgan fingerprint density at radius 2 is 2.00 bits per heavy atom. The highest BCUT2D eigenvalue weighted by molar-refractivity contribution is 7.91. The molecular weight excluding hydrogens is 380 g/mol. The third-order valence-electron chi connectivity index (χ3n) is 5.34.